The van der Waals surface area contributed by atoms with Crippen LogP contribution in [-0.2, 0) is 9.53 Å². The summed E-state index contributed by atoms with van der Waals surface area (Å²) in [5, 5.41) is 0. The number of ether oxygens (including phenoxy) is 1. The van der Waals surface area contributed by atoms with Gasteiger partial charge in [-0.2, -0.15) is 0 Å². The molecule has 0 saturated carbocycles. The Morgan fingerprint density at radius 2 is 2.42 bits per heavy atom. The van der Waals surface area contributed by atoms with Crippen LogP contribution in [0.2, 0.25) is 0 Å². The van der Waals surface area contributed by atoms with E-state index in [2.05, 4.69) is 6.92 Å². The molecule has 3 atom stereocenters. The summed E-state index contributed by atoms with van der Waals surface area (Å²) in [6.07, 6.45) is 7.15. The third kappa shape index (κ3) is 1.01. The second kappa shape index (κ2) is 2.84. The van der Waals surface area contributed by atoms with Crippen LogP contribution in [0.1, 0.15) is 39.0 Å². The molecule has 12 heavy (non-hydrogen) atoms. The summed E-state index contributed by atoms with van der Waals surface area (Å²) in [5.74, 6) is 0. The van der Waals surface area contributed by atoms with E-state index in [1.165, 1.54) is 6.42 Å². The van der Waals surface area contributed by atoms with Crippen LogP contribution in [0.5, 0.6) is 0 Å². The van der Waals surface area contributed by atoms with Crippen LogP contribution >= 0.6 is 0 Å². The van der Waals surface area contributed by atoms with Gasteiger partial charge in [-0.15, -0.1) is 0 Å². The maximum atomic E-state index is 11.0. The van der Waals surface area contributed by atoms with Gasteiger partial charge in [0.05, 0.1) is 17.6 Å². The second-order valence-electron chi connectivity index (χ2n) is 4.13. The van der Waals surface area contributed by atoms with Gasteiger partial charge in [0.1, 0.15) is 6.29 Å². The lowest BCUT2D eigenvalue weighted by Crippen LogP contribution is -2.33. The molecular weight excluding hydrogens is 152 g/mol. The summed E-state index contributed by atoms with van der Waals surface area (Å²) in [5.41, 5.74) is -0.0995. The molecule has 2 aliphatic rings. The van der Waals surface area contributed by atoms with Gasteiger partial charge in [0, 0.05) is 0 Å². The zero-order valence-electron chi connectivity index (χ0n) is 7.58. The monoisotopic (exact) mass is 168 g/mol. The minimum atomic E-state index is -0.0995. The van der Waals surface area contributed by atoms with Crippen molar-refractivity contribution in [1.29, 1.82) is 0 Å². The van der Waals surface area contributed by atoms with E-state index in [4.69, 9.17) is 4.74 Å². The molecule has 2 heteroatoms. The smallest absolute Gasteiger partial charge is 0.128 e. The number of aldehydes is 1. The van der Waals surface area contributed by atoms with Gasteiger partial charge in [-0.25, -0.2) is 0 Å². The van der Waals surface area contributed by atoms with Gasteiger partial charge in [-0.1, -0.05) is 13.3 Å². The second-order valence-corrected chi connectivity index (χ2v) is 4.13. The Labute approximate surface area is 73.3 Å². The van der Waals surface area contributed by atoms with E-state index in [9.17, 15) is 4.79 Å². The first-order valence-electron chi connectivity index (χ1n) is 4.92. The summed E-state index contributed by atoms with van der Waals surface area (Å²) < 4.78 is 5.70. The molecule has 2 fully saturated rings. The minimum Gasteiger partial charge on any atom is -0.374 e. The van der Waals surface area contributed by atoms with Gasteiger partial charge in [0.2, 0.25) is 0 Å². The number of fused-ring (bicyclic) bond motifs is 2. The summed E-state index contributed by atoms with van der Waals surface area (Å²) in [6.45, 7) is 2.14. The Hall–Kier alpha value is -0.370. The van der Waals surface area contributed by atoms with E-state index in [1.54, 1.807) is 0 Å². The van der Waals surface area contributed by atoms with Crippen molar-refractivity contribution < 1.29 is 9.53 Å². The first-order chi connectivity index (χ1) is 5.80. The first-order valence-corrected chi connectivity index (χ1v) is 4.92. The topological polar surface area (TPSA) is 26.3 Å². The van der Waals surface area contributed by atoms with Gasteiger partial charge in [0.25, 0.3) is 0 Å². The third-order valence-electron chi connectivity index (χ3n) is 3.31. The summed E-state index contributed by atoms with van der Waals surface area (Å²) in [6, 6.07) is 0. The normalized spacial score (nSPS) is 45.1. The Morgan fingerprint density at radius 1 is 1.58 bits per heavy atom. The van der Waals surface area contributed by atoms with Crippen LogP contribution in [0.25, 0.3) is 0 Å². The number of carbonyl (C=O) groups is 1. The zero-order valence-corrected chi connectivity index (χ0v) is 7.58. The molecule has 2 saturated heterocycles. The minimum absolute atomic E-state index is 0.0995. The number of hydrogen-bond acceptors (Lipinski definition) is 2. The van der Waals surface area contributed by atoms with Crippen molar-refractivity contribution in [2.24, 2.45) is 5.41 Å². The molecule has 0 N–H and O–H groups in total. The predicted octanol–water partition coefficient (Wildman–Crippen LogP) is 1.92. The molecule has 3 unspecified atom stereocenters. The van der Waals surface area contributed by atoms with Crippen molar-refractivity contribution in [3.8, 4) is 0 Å². The molecule has 0 spiro atoms. The molecule has 2 aliphatic heterocycles. The van der Waals surface area contributed by atoms with E-state index in [-0.39, 0.29) is 11.5 Å². The van der Waals surface area contributed by atoms with Gasteiger partial charge < -0.3 is 9.53 Å². The van der Waals surface area contributed by atoms with Crippen molar-refractivity contribution >= 4 is 6.29 Å². The highest BCUT2D eigenvalue weighted by Gasteiger charge is 2.51. The molecular formula is C10H16O2. The molecule has 0 radical (unpaired) electrons. The SMILES string of the molecule is CCCC1(C=O)CC2CCC1O2. The number of rotatable bonds is 3. The molecule has 68 valence electrons. The average molecular weight is 168 g/mol. The molecule has 2 bridgehead atoms. The fourth-order valence-corrected chi connectivity index (χ4v) is 2.75. The lowest BCUT2D eigenvalue weighted by atomic mass is 9.72. The van der Waals surface area contributed by atoms with Crippen LogP contribution in [-0.4, -0.2) is 18.5 Å². The van der Waals surface area contributed by atoms with Crippen molar-refractivity contribution in [3.05, 3.63) is 0 Å². The highest BCUT2D eigenvalue weighted by Crippen LogP contribution is 2.48. The van der Waals surface area contributed by atoms with E-state index in [0.717, 1.165) is 32.0 Å². The van der Waals surface area contributed by atoms with Crippen LogP contribution < -0.4 is 0 Å². The van der Waals surface area contributed by atoms with Crippen molar-refractivity contribution in [3.63, 3.8) is 0 Å². The van der Waals surface area contributed by atoms with E-state index in [0.29, 0.717) is 6.10 Å². The third-order valence-corrected chi connectivity index (χ3v) is 3.31. The molecule has 2 nitrogen and oxygen atoms in total. The lowest BCUT2D eigenvalue weighted by molar-refractivity contribution is -0.119. The van der Waals surface area contributed by atoms with Crippen molar-refractivity contribution in [1.82, 2.24) is 0 Å². The Kier molecular flexibility index (Phi) is 1.95. The molecule has 2 heterocycles. The standard InChI is InChI=1S/C10H16O2/c1-2-5-10(7-11)6-8-3-4-9(10)12-8/h7-9H,2-6H2,1H3. The Balaban J connectivity index is 2.13. The maximum absolute atomic E-state index is 11.0. The molecule has 0 aromatic carbocycles. The van der Waals surface area contributed by atoms with Crippen molar-refractivity contribution in [2.75, 3.05) is 0 Å². The average Bonchev–Trinajstić information content (AvgIpc) is 2.64. The quantitative estimate of drug-likeness (QED) is 0.602. The van der Waals surface area contributed by atoms with E-state index >= 15 is 0 Å². The summed E-state index contributed by atoms with van der Waals surface area (Å²) >= 11 is 0. The van der Waals surface area contributed by atoms with Crippen LogP contribution in [0.4, 0.5) is 0 Å². The highest BCUT2D eigenvalue weighted by atomic mass is 16.5. The van der Waals surface area contributed by atoms with Gasteiger partial charge in [0.15, 0.2) is 0 Å². The van der Waals surface area contributed by atoms with E-state index in [1.807, 2.05) is 0 Å². The molecule has 0 aliphatic carbocycles. The molecule has 0 aromatic rings. The zero-order chi connectivity index (χ0) is 8.60. The highest BCUT2D eigenvalue weighted by molar-refractivity contribution is 5.61. The molecule has 2 rings (SSSR count). The summed E-state index contributed by atoms with van der Waals surface area (Å²) in [7, 11) is 0. The fraction of sp³-hybridized carbons (Fsp3) is 0.900. The number of hydrogen-bond donors (Lipinski definition) is 0. The van der Waals surface area contributed by atoms with Crippen LogP contribution in [0.3, 0.4) is 0 Å². The maximum Gasteiger partial charge on any atom is 0.128 e. The Morgan fingerprint density at radius 3 is 2.83 bits per heavy atom. The lowest BCUT2D eigenvalue weighted by Gasteiger charge is -2.28. The largest absolute Gasteiger partial charge is 0.374 e. The van der Waals surface area contributed by atoms with Crippen LogP contribution in [0.15, 0.2) is 0 Å². The van der Waals surface area contributed by atoms with Crippen LogP contribution in [0, 0.1) is 5.41 Å². The first kappa shape index (κ1) is 8.24. The van der Waals surface area contributed by atoms with Crippen molar-refractivity contribution in [2.45, 2.75) is 51.2 Å². The number of carbonyl (C=O) groups excluding carboxylic acids is 1. The van der Waals surface area contributed by atoms with E-state index < -0.39 is 0 Å². The molecule has 0 amide bonds. The Bertz CT molecular complexity index is 190. The summed E-state index contributed by atoms with van der Waals surface area (Å²) in [4.78, 5) is 11.0. The van der Waals surface area contributed by atoms with Gasteiger partial charge >= 0.3 is 0 Å². The molecule has 0 aromatic heterocycles. The van der Waals surface area contributed by atoms with Gasteiger partial charge in [-0.05, 0) is 25.7 Å². The fourth-order valence-electron chi connectivity index (χ4n) is 2.75. The van der Waals surface area contributed by atoms with Gasteiger partial charge in [-0.3, -0.25) is 0 Å². The predicted molar refractivity (Wildman–Crippen MR) is 45.9 cm³/mol.